The largest absolute Gasteiger partial charge is 0.450 e. The van der Waals surface area contributed by atoms with E-state index in [9.17, 15) is 9.59 Å². The maximum absolute atomic E-state index is 12.7. The minimum absolute atomic E-state index is 0.136. The van der Waals surface area contributed by atoms with Crippen LogP contribution in [-0.2, 0) is 14.3 Å². The van der Waals surface area contributed by atoms with Gasteiger partial charge in [0.15, 0.2) is 0 Å². The molecule has 0 aromatic heterocycles. The molecule has 0 aliphatic carbocycles. The fourth-order valence-electron chi connectivity index (χ4n) is 3.61. The number of carbonyl (C=O) groups is 2. The minimum Gasteiger partial charge on any atom is -0.450 e. The summed E-state index contributed by atoms with van der Waals surface area (Å²) in [5, 5.41) is 2.77. The molecule has 2 amide bonds. The number of rotatable bonds is 5. The third-order valence-corrected chi connectivity index (χ3v) is 6.19. The smallest absolute Gasteiger partial charge is 0.411 e. The van der Waals surface area contributed by atoms with Crippen molar-refractivity contribution in [3.05, 3.63) is 42.5 Å². The molecule has 2 aliphatic rings. The van der Waals surface area contributed by atoms with Gasteiger partial charge in [-0.3, -0.25) is 10.1 Å². The zero-order chi connectivity index (χ0) is 20.9. The molecule has 30 heavy (non-hydrogen) atoms. The van der Waals surface area contributed by atoms with E-state index in [1.165, 1.54) is 0 Å². The van der Waals surface area contributed by atoms with Gasteiger partial charge >= 0.3 is 6.09 Å². The van der Waals surface area contributed by atoms with Crippen molar-refractivity contribution in [3.63, 3.8) is 0 Å². The van der Waals surface area contributed by atoms with Crippen LogP contribution in [0.4, 0.5) is 21.9 Å². The highest BCUT2D eigenvalue weighted by Gasteiger charge is 2.25. The monoisotopic (exact) mass is 427 g/mol. The van der Waals surface area contributed by atoms with Crippen LogP contribution in [0.15, 0.2) is 52.3 Å². The van der Waals surface area contributed by atoms with Crippen molar-refractivity contribution in [1.29, 1.82) is 0 Å². The topological polar surface area (TPSA) is 71.1 Å². The lowest BCUT2D eigenvalue weighted by Crippen LogP contribution is -2.41. The molecule has 0 saturated carbocycles. The van der Waals surface area contributed by atoms with Gasteiger partial charge in [0, 0.05) is 41.5 Å². The van der Waals surface area contributed by atoms with Crippen LogP contribution in [0, 0.1) is 0 Å². The van der Waals surface area contributed by atoms with Crippen LogP contribution < -0.4 is 10.2 Å². The summed E-state index contributed by atoms with van der Waals surface area (Å²) in [6, 6.07) is 14.0. The summed E-state index contributed by atoms with van der Waals surface area (Å²) < 4.78 is 10.3. The number of para-hydroxylation sites is 1. The number of carbonyl (C=O) groups excluding carboxylic acids is 2. The van der Waals surface area contributed by atoms with Crippen LogP contribution in [0.3, 0.4) is 0 Å². The Morgan fingerprint density at radius 1 is 1.10 bits per heavy atom. The molecule has 7 nitrogen and oxygen atoms in total. The van der Waals surface area contributed by atoms with Crippen molar-refractivity contribution >= 4 is 40.8 Å². The molecule has 1 fully saturated rings. The van der Waals surface area contributed by atoms with E-state index in [0.29, 0.717) is 51.6 Å². The number of nitrogens with one attached hydrogen (secondary N) is 1. The molecule has 0 bridgehead atoms. The zero-order valence-corrected chi connectivity index (χ0v) is 17.7. The normalized spacial score (nSPS) is 15.2. The molecule has 0 atom stereocenters. The van der Waals surface area contributed by atoms with Crippen LogP contribution in [0.25, 0.3) is 0 Å². The number of nitrogens with zero attached hydrogens (tertiary/aromatic N) is 2. The van der Waals surface area contributed by atoms with E-state index in [-0.39, 0.29) is 5.91 Å². The number of anilines is 3. The quantitative estimate of drug-likeness (QED) is 0.775. The van der Waals surface area contributed by atoms with Crippen molar-refractivity contribution in [2.45, 2.75) is 23.1 Å². The first-order chi connectivity index (χ1) is 14.7. The van der Waals surface area contributed by atoms with Crippen LogP contribution in [0.2, 0.25) is 0 Å². The lowest BCUT2D eigenvalue weighted by Gasteiger charge is -2.34. The first-order valence-corrected chi connectivity index (χ1v) is 10.9. The molecule has 1 N–H and O–H groups in total. The number of ether oxygens (including phenoxy) is 2. The molecule has 2 aliphatic heterocycles. The van der Waals surface area contributed by atoms with Crippen molar-refractivity contribution in [1.82, 2.24) is 4.90 Å². The van der Waals surface area contributed by atoms with Crippen molar-refractivity contribution in [2.75, 3.05) is 49.7 Å². The van der Waals surface area contributed by atoms with E-state index in [4.69, 9.17) is 9.47 Å². The van der Waals surface area contributed by atoms with Gasteiger partial charge in [0.05, 0.1) is 31.2 Å². The van der Waals surface area contributed by atoms with E-state index in [0.717, 1.165) is 21.2 Å². The fraction of sp³-hybridized carbons (Fsp3) is 0.364. The Balaban J connectivity index is 1.57. The Morgan fingerprint density at radius 3 is 2.67 bits per heavy atom. The number of benzene rings is 2. The number of amides is 2. The summed E-state index contributed by atoms with van der Waals surface area (Å²) in [6.07, 6.45) is -0.0658. The predicted octanol–water partition coefficient (Wildman–Crippen LogP) is 4.11. The molecule has 0 spiro atoms. The van der Waals surface area contributed by atoms with Crippen LogP contribution in [0.1, 0.15) is 13.3 Å². The van der Waals surface area contributed by atoms with E-state index in [1.54, 1.807) is 18.7 Å². The first kappa shape index (κ1) is 20.6. The zero-order valence-electron chi connectivity index (χ0n) is 16.9. The second-order valence-electron chi connectivity index (χ2n) is 6.99. The van der Waals surface area contributed by atoms with E-state index in [2.05, 4.69) is 22.3 Å². The standard InChI is InChI=1S/C22H25N3O4S/c1-2-29-22(27)23-16-7-8-20-18(15-16)25(17-5-3-4-6-19(17)30-20)10-9-21(26)24-11-13-28-14-12-24/h3-8,15H,2,9-14H2,1H3,(H,23,27). The average Bonchev–Trinajstić information content (AvgIpc) is 2.77. The van der Waals surface area contributed by atoms with Gasteiger partial charge < -0.3 is 19.3 Å². The molecule has 2 aromatic rings. The third kappa shape index (κ3) is 4.55. The summed E-state index contributed by atoms with van der Waals surface area (Å²) in [6.45, 7) is 5.14. The third-order valence-electron chi connectivity index (χ3n) is 5.06. The van der Waals surface area contributed by atoms with Gasteiger partial charge in [0.25, 0.3) is 0 Å². The van der Waals surface area contributed by atoms with E-state index >= 15 is 0 Å². The SMILES string of the molecule is CCOC(=O)Nc1ccc2c(c1)N(CCC(=O)N1CCOCC1)c1ccccc1S2. The van der Waals surface area contributed by atoms with Gasteiger partial charge in [-0.05, 0) is 37.3 Å². The molecule has 4 rings (SSSR count). The molecular formula is C22H25N3O4S. The minimum atomic E-state index is -0.477. The maximum Gasteiger partial charge on any atom is 0.411 e. The maximum atomic E-state index is 12.7. The van der Waals surface area contributed by atoms with Crippen molar-refractivity contribution in [3.8, 4) is 0 Å². The number of fused-ring (bicyclic) bond motifs is 2. The number of morpholine rings is 1. The average molecular weight is 428 g/mol. The van der Waals surface area contributed by atoms with Crippen LogP contribution in [0.5, 0.6) is 0 Å². The summed E-state index contributed by atoms with van der Waals surface area (Å²) >= 11 is 1.69. The molecule has 8 heteroatoms. The highest BCUT2D eigenvalue weighted by Crippen LogP contribution is 2.48. The summed E-state index contributed by atoms with van der Waals surface area (Å²) in [5.41, 5.74) is 2.71. The Labute approximate surface area is 180 Å². The second-order valence-corrected chi connectivity index (χ2v) is 8.08. The lowest BCUT2D eigenvalue weighted by molar-refractivity contribution is -0.135. The van der Waals surface area contributed by atoms with Gasteiger partial charge in [0.1, 0.15) is 0 Å². The van der Waals surface area contributed by atoms with Crippen LogP contribution in [-0.4, -0.2) is 56.4 Å². The van der Waals surface area contributed by atoms with Gasteiger partial charge in [-0.25, -0.2) is 4.79 Å². The van der Waals surface area contributed by atoms with Crippen molar-refractivity contribution < 1.29 is 19.1 Å². The molecule has 2 heterocycles. The summed E-state index contributed by atoms with van der Waals surface area (Å²) in [7, 11) is 0. The Morgan fingerprint density at radius 2 is 1.87 bits per heavy atom. The molecular weight excluding hydrogens is 402 g/mol. The molecule has 1 saturated heterocycles. The molecule has 0 radical (unpaired) electrons. The second kappa shape index (κ2) is 9.40. The number of hydrogen-bond acceptors (Lipinski definition) is 6. The Hall–Kier alpha value is -2.71. The van der Waals surface area contributed by atoms with Gasteiger partial charge in [-0.15, -0.1) is 0 Å². The van der Waals surface area contributed by atoms with Gasteiger partial charge in [-0.1, -0.05) is 23.9 Å². The van der Waals surface area contributed by atoms with Gasteiger partial charge in [0.2, 0.25) is 5.91 Å². The Kier molecular flexibility index (Phi) is 6.44. The molecule has 158 valence electrons. The Bertz CT molecular complexity index is 930. The van der Waals surface area contributed by atoms with E-state index < -0.39 is 6.09 Å². The molecule has 0 unspecified atom stereocenters. The predicted molar refractivity (Wildman–Crippen MR) is 117 cm³/mol. The fourth-order valence-corrected chi connectivity index (χ4v) is 4.69. The van der Waals surface area contributed by atoms with Crippen molar-refractivity contribution in [2.24, 2.45) is 0 Å². The highest BCUT2D eigenvalue weighted by atomic mass is 32.2. The summed E-state index contributed by atoms with van der Waals surface area (Å²) in [5.74, 6) is 0.136. The first-order valence-electron chi connectivity index (χ1n) is 10.1. The summed E-state index contributed by atoms with van der Waals surface area (Å²) in [4.78, 5) is 30.8. The molecule has 2 aromatic carbocycles. The van der Waals surface area contributed by atoms with E-state index in [1.807, 2.05) is 35.2 Å². The van der Waals surface area contributed by atoms with Gasteiger partial charge in [-0.2, -0.15) is 0 Å². The number of hydrogen-bond donors (Lipinski definition) is 1. The van der Waals surface area contributed by atoms with Crippen LogP contribution >= 0.6 is 11.8 Å². The highest BCUT2D eigenvalue weighted by molar-refractivity contribution is 7.99. The lowest BCUT2D eigenvalue weighted by atomic mass is 10.2.